The fraction of sp³-hybridized carbons (Fsp3) is 0.308. The number of rotatable bonds is 7. The molecule has 0 spiro atoms. The van der Waals surface area contributed by atoms with Crippen LogP contribution in [0.25, 0.3) is 11.0 Å². The fourth-order valence-electron chi connectivity index (χ4n) is 3.85. The predicted molar refractivity (Wildman–Crippen MR) is 136 cm³/mol. The SMILES string of the molecule is CCc1ccc(N(C(=O)Cn2nnc3ccccc32)[C@H](C(=O)NC(C)(C)C)c2ccsc2)cc1. The zero-order valence-corrected chi connectivity index (χ0v) is 20.7. The average Bonchev–Trinajstić information content (AvgIpc) is 3.47. The molecule has 8 heteroatoms. The van der Waals surface area contributed by atoms with Gasteiger partial charge in [-0.25, -0.2) is 4.68 Å². The molecule has 4 aromatic rings. The van der Waals surface area contributed by atoms with Gasteiger partial charge in [-0.1, -0.05) is 36.4 Å². The first-order chi connectivity index (χ1) is 16.3. The Labute approximate surface area is 203 Å². The van der Waals surface area contributed by atoms with E-state index in [1.807, 2.05) is 86.1 Å². The van der Waals surface area contributed by atoms with Crippen LogP contribution < -0.4 is 10.2 Å². The molecule has 0 saturated heterocycles. The molecular formula is C26H29N5O2S. The van der Waals surface area contributed by atoms with Crippen molar-refractivity contribution >= 4 is 39.9 Å². The van der Waals surface area contributed by atoms with Gasteiger partial charge < -0.3 is 5.32 Å². The molecule has 7 nitrogen and oxygen atoms in total. The minimum atomic E-state index is -0.819. The Morgan fingerprint density at radius 2 is 1.82 bits per heavy atom. The van der Waals surface area contributed by atoms with Crippen molar-refractivity contribution in [1.82, 2.24) is 20.3 Å². The Bertz CT molecular complexity index is 1270. The van der Waals surface area contributed by atoms with Gasteiger partial charge in [0.1, 0.15) is 18.1 Å². The molecular weight excluding hydrogens is 446 g/mol. The molecule has 34 heavy (non-hydrogen) atoms. The summed E-state index contributed by atoms with van der Waals surface area (Å²) in [6.45, 7) is 7.83. The first-order valence-electron chi connectivity index (χ1n) is 11.3. The number of hydrogen-bond donors (Lipinski definition) is 1. The van der Waals surface area contributed by atoms with Crippen LogP contribution in [0.5, 0.6) is 0 Å². The molecule has 2 aromatic carbocycles. The van der Waals surface area contributed by atoms with Crippen molar-refractivity contribution in [2.45, 2.75) is 52.2 Å². The second-order valence-corrected chi connectivity index (χ2v) is 10.00. The molecule has 0 aliphatic carbocycles. The Morgan fingerprint density at radius 3 is 2.47 bits per heavy atom. The maximum absolute atomic E-state index is 13.9. The van der Waals surface area contributed by atoms with Gasteiger partial charge in [0.15, 0.2) is 0 Å². The summed E-state index contributed by atoms with van der Waals surface area (Å²) in [6.07, 6.45) is 0.887. The topological polar surface area (TPSA) is 80.1 Å². The first-order valence-corrected chi connectivity index (χ1v) is 12.2. The molecule has 0 aliphatic rings. The molecule has 0 radical (unpaired) electrons. The van der Waals surface area contributed by atoms with E-state index in [4.69, 9.17) is 0 Å². The van der Waals surface area contributed by atoms with Gasteiger partial charge in [0.05, 0.1) is 5.52 Å². The summed E-state index contributed by atoms with van der Waals surface area (Å²) in [4.78, 5) is 29.0. The number of carbonyl (C=O) groups excluding carboxylic acids is 2. The van der Waals surface area contributed by atoms with Gasteiger partial charge in [-0.3, -0.25) is 14.5 Å². The molecule has 0 aliphatic heterocycles. The number of benzene rings is 2. The Balaban J connectivity index is 1.78. The third-order valence-electron chi connectivity index (χ3n) is 5.46. The number of aryl methyl sites for hydroxylation is 1. The molecule has 1 atom stereocenters. The number of hydrogen-bond acceptors (Lipinski definition) is 5. The van der Waals surface area contributed by atoms with Crippen LogP contribution in [0, 0.1) is 0 Å². The minimum absolute atomic E-state index is 0.0422. The van der Waals surface area contributed by atoms with Crippen LogP contribution in [0.4, 0.5) is 5.69 Å². The van der Waals surface area contributed by atoms with E-state index in [-0.39, 0.29) is 18.4 Å². The van der Waals surface area contributed by atoms with Crippen LogP contribution >= 0.6 is 11.3 Å². The maximum Gasteiger partial charge on any atom is 0.249 e. The summed E-state index contributed by atoms with van der Waals surface area (Å²) in [5.74, 6) is -0.484. The highest BCUT2D eigenvalue weighted by molar-refractivity contribution is 7.08. The zero-order valence-electron chi connectivity index (χ0n) is 19.9. The summed E-state index contributed by atoms with van der Waals surface area (Å²) in [5.41, 5.74) is 3.62. The van der Waals surface area contributed by atoms with Gasteiger partial charge >= 0.3 is 0 Å². The lowest BCUT2D eigenvalue weighted by molar-refractivity contribution is -0.128. The molecule has 2 heterocycles. The number of anilines is 1. The van der Waals surface area contributed by atoms with Crippen molar-refractivity contribution in [2.24, 2.45) is 0 Å². The first kappa shape index (κ1) is 23.6. The predicted octanol–water partition coefficient (Wildman–Crippen LogP) is 4.74. The van der Waals surface area contributed by atoms with Crippen LogP contribution in [0.2, 0.25) is 0 Å². The third-order valence-corrected chi connectivity index (χ3v) is 6.16. The lowest BCUT2D eigenvalue weighted by Crippen LogP contribution is -2.50. The maximum atomic E-state index is 13.9. The number of aromatic nitrogens is 3. The Hall–Kier alpha value is -3.52. The van der Waals surface area contributed by atoms with Crippen LogP contribution in [-0.2, 0) is 22.6 Å². The molecule has 2 aromatic heterocycles. The summed E-state index contributed by atoms with van der Waals surface area (Å²) in [6, 6.07) is 16.4. The highest BCUT2D eigenvalue weighted by Crippen LogP contribution is 2.31. The lowest BCUT2D eigenvalue weighted by atomic mass is 10.0. The second-order valence-electron chi connectivity index (χ2n) is 9.22. The molecule has 0 bridgehead atoms. The van der Waals surface area contributed by atoms with Gasteiger partial charge in [-0.15, -0.1) is 5.10 Å². The van der Waals surface area contributed by atoms with Gasteiger partial charge in [-0.05, 0) is 79.4 Å². The van der Waals surface area contributed by atoms with Crippen LogP contribution in [-0.4, -0.2) is 32.3 Å². The van der Waals surface area contributed by atoms with E-state index in [0.717, 1.165) is 23.1 Å². The summed E-state index contributed by atoms with van der Waals surface area (Å²) in [7, 11) is 0. The summed E-state index contributed by atoms with van der Waals surface area (Å²) >= 11 is 1.50. The average molecular weight is 476 g/mol. The largest absolute Gasteiger partial charge is 0.349 e. The summed E-state index contributed by atoms with van der Waals surface area (Å²) in [5, 5.41) is 15.2. The minimum Gasteiger partial charge on any atom is -0.349 e. The van der Waals surface area contributed by atoms with E-state index in [9.17, 15) is 9.59 Å². The zero-order chi connectivity index (χ0) is 24.3. The van der Waals surface area contributed by atoms with Crippen molar-refractivity contribution in [3.8, 4) is 0 Å². The number of para-hydroxylation sites is 1. The van der Waals surface area contributed by atoms with Crippen LogP contribution in [0.1, 0.15) is 44.9 Å². The van der Waals surface area contributed by atoms with Crippen molar-refractivity contribution in [1.29, 1.82) is 0 Å². The fourth-order valence-corrected chi connectivity index (χ4v) is 4.53. The normalized spacial score (nSPS) is 12.5. The van der Waals surface area contributed by atoms with Gasteiger partial charge in [0.25, 0.3) is 0 Å². The Kier molecular flexibility index (Phi) is 6.79. The lowest BCUT2D eigenvalue weighted by Gasteiger charge is -2.33. The van der Waals surface area contributed by atoms with Crippen LogP contribution in [0.15, 0.2) is 65.4 Å². The van der Waals surface area contributed by atoms with E-state index in [0.29, 0.717) is 11.2 Å². The molecule has 0 unspecified atom stereocenters. The van der Waals surface area contributed by atoms with E-state index in [1.165, 1.54) is 11.3 Å². The number of amides is 2. The Morgan fingerprint density at radius 1 is 1.09 bits per heavy atom. The van der Waals surface area contributed by atoms with Crippen molar-refractivity contribution < 1.29 is 9.59 Å². The highest BCUT2D eigenvalue weighted by atomic mass is 32.1. The third kappa shape index (κ3) is 5.17. The van der Waals surface area contributed by atoms with Gasteiger partial charge in [0.2, 0.25) is 11.8 Å². The monoisotopic (exact) mass is 475 g/mol. The molecule has 0 fully saturated rings. The standard InChI is InChI=1S/C26H29N5O2S/c1-5-18-10-12-20(13-11-18)31(23(32)16-30-22-9-7-6-8-21(22)28-29-30)24(19-14-15-34-17-19)25(33)27-26(2,3)4/h6-15,17,24H,5,16H2,1-4H3,(H,27,33)/t24-/m0/s1. The van der Waals surface area contributed by atoms with Crippen molar-refractivity contribution in [2.75, 3.05) is 4.90 Å². The summed E-state index contributed by atoms with van der Waals surface area (Å²) < 4.78 is 1.58. The van der Waals surface area contributed by atoms with Crippen molar-refractivity contribution in [3.05, 3.63) is 76.5 Å². The van der Waals surface area contributed by atoms with Gasteiger partial charge in [-0.2, -0.15) is 11.3 Å². The number of fused-ring (bicyclic) bond motifs is 1. The van der Waals surface area contributed by atoms with E-state index in [1.54, 1.807) is 9.58 Å². The van der Waals surface area contributed by atoms with E-state index >= 15 is 0 Å². The number of nitrogens with one attached hydrogen (secondary N) is 1. The molecule has 4 rings (SSSR count). The number of nitrogens with zero attached hydrogens (tertiary/aromatic N) is 4. The van der Waals surface area contributed by atoms with E-state index in [2.05, 4.69) is 22.6 Å². The van der Waals surface area contributed by atoms with Gasteiger partial charge in [0, 0.05) is 11.2 Å². The number of thiophene rings is 1. The number of carbonyl (C=O) groups is 2. The molecule has 1 N–H and O–H groups in total. The van der Waals surface area contributed by atoms with E-state index < -0.39 is 11.6 Å². The molecule has 2 amide bonds. The van der Waals surface area contributed by atoms with Crippen molar-refractivity contribution in [3.63, 3.8) is 0 Å². The molecule has 176 valence electrons. The smallest absolute Gasteiger partial charge is 0.249 e. The quantitative estimate of drug-likeness (QED) is 0.419. The highest BCUT2D eigenvalue weighted by Gasteiger charge is 2.35. The molecule has 0 saturated carbocycles. The second kappa shape index (κ2) is 9.77. The van der Waals surface area contributed by atoms with Crippen LogP contribution in [0.3, 0.4) is 0 Å².